The van der Waals surface area contributed by atoms with Gasteiger partial charge in [0.2, 0.25) is 0 Å². The lowest BCUT2D eigenvalue weighted by Crippen LogP contribution is -2.37. The lowest BCUT2D eigenvalue weighted by atomic mass is 10.0. The summed E-state index contributed by atoms with van der Waals surface area (Å²) >= 11 is 0. The third kappa shape index (κ3) is 6.94. The molecule has 0 aliphatic carbocycles. The molecule has 1 saturated heterocycles. The van der Waals surface area contributed by atoms with Crippen LogP contribution in [-0.4, -0.2) is 48.2 Å². The summed E-state index contributed by atoms with van der Waals surface area (Å²) in [5, 5.41) is 16.2. The fourth-order valence-electron chi connectivity index (χ4n) is 2.86. The normalized spacial score (nSPS) is 15.5. The lowest BCUT2D eigenvalue weighted by Gasteiger charge is -2.30. The second kappa shape index (κ2) is 11.7. The van der Waals surface area contributed by atoms with E-state index in [9.17, 15) is 5.11 Å². The first-order valence-corrected chi connectivity index (χ1v) is 8.72. The third-order valence-corrected chi connectivity index (χ3v) is 4.17. The molecule has 0 spiro atoms. The van der Waals surface area contributed by atoms with Crippen molar-refractivity contribution in [2.75, 3.05) is 26.2 Å². The summed E-state index contributed by atoms with van der Waals surface area (Å²) in [6.45, 7) is 9.44. The van der Waals surface area contributed by atoms with Crippen LogP contribution < -0.4 is 10.6 Å². The molecule has 0 radical (unpaired) electrons. The molecule has 1 aromatic rings. The van der Waals surface area contributed by atoms with Gasteiger partial charge in [-0.05, 0) is 37.8 Å². The molecule has 2 rings (SSSR count). The second-order valence-corrected chi connectivity index (χ2v) is 6.00. The number of nitrogens with zero attached hydrogens (tertiary/aromatic N) is 2. The van der Waals surface area contributed by atoms with E-state index in [1.165, 1.54) is 11.1 Å². The molecule has 0 amide bonds. The van der Waals surface area contributed by atoms with Gasteiger partial charge >= 0.3 is 0 Å². The van der Waals surface area contributed by atoms with Gasteiger partial charge < -0.3 is 15.7 Å². The molecule has 0 aromatic heterocycles. The van der Waals surface area contributed by atoms with Crippen molar-refractivity contribution in [3.63, 3.8) is 0 Å². The van der Waals surface area contributed by atoms with Crippen molar-refractivity contribution in [3.8, 4) is 0 Å². The maximum atomic E-state index is 9.64. The molecule has 0 bridgehead atoms. The highest BCUT2D eigenvalue weighted by Crippen LogP contribution is 2.17. The predicted molar refractivity (Wildman–Crippen MR) is 111 cm³/mol. The first-order valence-electron chi connectivity index (χ1n) is 8.72. The molecular formula is C18H31IN4O. The van der Waals surface area contributed by atoms with Crippen LogP contribution >= 0.6 is 24.0 Å². The zero-order valence-corrected chi connectivity index (χ0v) is 17.1. The van der Waals surface area contributed by atoms with E-state index in [0.29, 0.717) is 6.54 Å². The number of aliphatic hydroxyl groups excluding tert-OH is 1. The number of likely N-dealkylation sites (tertiary alicyclic amines) is 1. The molecule has 5 nitrogen and oxygen atoms in total. The Morgan fingerprint density at radius 1 is 1.12 bits per heavy atom. The zero-order valence-electron chi connectivity index (χ0n) is 14.8. The van der Waals surface area contributed by atoms with Crippen LogP contribution in [0.5, 0.6) is 0 Å². The van der Waals surface area contributed by atoms with Crippen molar-refractivity contribution in [1.29, 1.82) is 0 Å². The molecule has 1 aliphatic rings. The number of rotatable bonds is 6. The van der Waals surface area contributed by atoms with Gasteiger partial charge in [0.05, 0.1) is 12.6 Å². The van der Waals surface area contributed by atoms with Gasteiger partial charge in [-0.25, -0.2) is 4.99 Å². The maximum absolute atomic E-state index is 9.64. The van der Waals surface area contributed by atoms with Crippen molar-refractivity contribution >= 4 is 29.9 Å². The molecule has 1 heterocycles. The van der Waals surface area contributed by atoms with Crippen LogP contribution in [0.25, 0.3) is 0 Å². The average Bonchev–Trinajstić information content (AvgIpc) is 2.56. The number of piperidine rings is 1. The number of aliphatic hydroxyl groups is 1. The van der Waals surface area contributed by atoms with Gasteiger partial charge in [-0.2, -0.15) is 0 Å². The number of halogens is 1. The topological polar surface area (TPSA) is 59.9 Å². The Morgan fingerprint density at radius 3 is 2.29 bits per heavy atom. The lowest BCUT2D eigenvalue weighted by molar-refractivity contribution is 0.0791. The molecule has 1 aliphatic heterocycles. The van der Waals surface area contributed by atoms with Gasteiger partial charge in [-0.1, -0.05) is 24.3 Å². The van der Waals surface area contributed by atoms with Gasteiger partial charge in [0.25, 0.3) is 0 Å². The quantitative estimate of drug-likeness (QED) is 0.357. The maximum Gasteiger partial charge on any atom is 0.191 e. The van der Waals surface area contributed by atoms with Crippen LogP contribution in [0.4, 0.5) is 0 Å². The molecule has 136 valence electrons. The smallest absolute Gasteiger partial charge is 0.191 e. The fourth-order valence-corrected chi connectivity index (χ4v) is 2.86. The summed E-state index contributed by atoms with van der Waals surface area (Å²) in [7, 11) is 0. The van der Waals surface area contributed by atoms with Crippen molar-refractivity contribution in [3.05, 3.63) is 35.4 Å². The highest BCUT2D eigenvalue weighted by Gasteiger charge is 2.17. The number of hydrogen-bond acceptors (Lipinski definition) is 3. The zero-order chi connectivity index (χ0) is 16.5. The average molecular weight is 446 g/mol. The van der Waals surface area contributed by atoms with E-state index in [-0.39, 0.29) is 30.1 Å². The first kappa shape index (κ1) is 21.2. The van der Waals surface area contributed by atoms with Crippen molar-refractivity contribution in [2.45, 2.75) is 45.9 Å². The first-order chi connectivity index (χ1) is 11.2. The molecule has 0 atom stereocenters. The van der Waals surface area contributed by atoms with E-state index in [4.69, 9.17) is 0 Å². The molecule has 1 fully saturated rings. The summed E-state index contributed by atoms with van der Waals surface area (Å²) in [4.78, 5) is 7.10. The van der Waals surface area contributed by atoms with Crippen molar-refractivity contribution in [1.82, 2.24) is 15.5 Å². The minimum absolute atomic E-state index is 0. The summed E-state index contributed by atoms with van der Waals surface area (Å²) in [5.41, 5.74) is 2.60. The van der Waals surface area contributed by atoms with E-state index in [0.717, 1.165) is 51.5 Å². The number of nitrogens with one attached hydrogen (secondary N) is 2. The highest BCUT2D eigenvalue weighted by molar-refractivity contribution is 14.0. The van der Waals surface area contributed by atoms with Crippen molar-refractivity contribution < 1.29 is 5.11 Å². The molecule has 6 heteroatoms. The largest absolute Gasteiger partial charge is 0.393 e. The predicted octanol–water partition coefficient (Wildman–Crippen LogP) is 2.34. The Labute approximate surface area is 162 Å². The van der Waals surface area contributed by atoms with Gasteiger partial charge in [-0.3, -0.25) is 4.90 Å². The Morgan fingerprint density at radius 2 is 1.71 bits per heavy atom. The van der Waals surface area contributed by atoms with Crippen LogP contribution in [0, 0.1) is 0 Å². The second-order valence-electron chi connectivity index (χ2n) is 6.00. The van der Waals surface area contributed by atoms with Gasteiger partial charge in [0.15, 0.2) is 5.96 Å². The van der Waals surface area contributed by atoms with Crippen LogP contribution in [0.3, 0.4) is 0 Å². The monoisotopic (exact) mass is 446 g/mol. The third-order valence-electron chi connectivity index (χ3n) is 4.17. The van der Waals surface area contributed by atoms with Crippen molar-refractivity contribution in [2.24, 2.45) is 4.99 Å². The number of guanidine groups is 1. The Bertz CT molecular complexity index is 494. The minimum atomic E-state index is -0.117. The number of benzene rings is 1. The van der Waals surface area contributed by atoms with Gasteiger partial charge in [-0.15, -0.1) is 24.0 Å². The van der Waals surface area contributed by atoms with E-state index in [1.807, 2.05) is 0 Å². The van der Waals surface area contributed by atoms with E-state index < -0.39 is 0 Å². The Kier molecular flexibility index (Phi) is 10.3. The van der Waals surface area contributed by atoms with Crippen LogP contribution in [0.1, 0.15) is 37.8 Å². The molecular weight excluding hydrogens is 415 g/mol. The molecule has 0 unspecified atom stereocenters. The van der Waals surface area contributed by atoms with Crippen LogP contribution in [0.2, 0.25) is 0 Å². The summed E-state index contributed by atoms with van der Waals surface area (Å²) < 4.78 is 0. The van der Waals surface area contributed by atoms with E-state index >= 15 is 0 Å². The fraction of sp³-hybridized carbons (Fsp3) is 0.611. The molecule has 24 heavy (non-hydrogen) atoms. The summed E-state index contributed by atoms with van der Waals surface area (Å²) in [5.74, 6) is 0.867. The Hall–Kier alpha value is -0.860. The highest BCUT2D eigenvalue weighted by atomic mass is 127. The van der Waals surface area contributed by atoms with Gasteiger partial charge in [0, 0.05) is 32.7 Å². The summed E-state index contributed by atoms with van der Waals surface area (Å²) in [6, 6.07) is 8.52. The van der Waals surface area contributed by atoms with E-state index in [2.05, 4.69) is 58.6 Å². The van der Waals surface area contributed by atoms with Gasteiger partial charge in [0.1, 0.15) is 0 Å². The SMILES string of the molecule is CCNC(=NCc1ccccc1CN1CCC(O)CC1)NCC.I. The number of hydrogen-bond donors (Lipinski definition) is 3. The molecule has 1 aromatic carbocycles. The molecule has 3 N–H and O–H groups in total. The number of aliphatic imine (C=N–C) groups is 1. The Balaban J connectivity index is 0.00000288. The van der Waals surface area contributed by atoms with E-state index in [1.54, 1.807) is 0 Å². The minimum Gasteiger partial charge on any atom is -0.393 e. The molecule has 0 saturated carbocycles. The van der Waals surface area contributed by atoms with Crippen LogP contribution in [0.15, 0.2) is 29.3 Å². The summed E-state index contributed by atoms with van der Waals surface area (Å²) in [6.07, 6.45) is 1.64. The van der Waals surface area contributed by atoms with Crippen LogP contribution in [-0.2, 0) is 13.1 Å². The standard InChI is InChI=1S/C18H30N4O.HI/c1-3-19-18(20-4-2)21-13-15-7-5-6-8-16(15)14-22-11-9-17(23)10-12-22;/h5-8,17,23H,3-4,9-14H2,1-2H3,(H2,19,20,21);1H.